The Kier molecular flexibility index (Phi) is 3.69. The standard InChI is InChI=1S/C15H25N3/c1-18-11-12(9-17-18)8-13-4-2-3-5-14(13)10-16-15-6-7-15/h9,11,13-16H,2-8,10H2,1H3. The van der Waals surface area contributed by atoms with E-state index in [0.717, 1.165) is 17.9 Å². The molecule has 2 aliphatic rings. The molecule has 1 aromatic rings. The second-order valence-corrected chi connectivity index (χ2v) is 6.21. The van der Waals surface area contributed by atoms with E-state index in [9.17, 15) is 0 Å². The summed E-state index contributed by atoms with van der Waals surface area (Å²) in [5, 5.41) is 8.02. The monoisotopic (exact) mass is 247 g/mol. The Balaban J connectivity index is 1.56. The van der Waals surface area contributed by atoms with Crippen LogP contribution in [0.2, 0.25) is 0 Å². The first-order chi connectivity index (χ1) is 8.81. The van der Waals surface area contributed by atoms with Crippen molar-refractivity contribution in [3.05, 3.63) is 18.0 Å². The lowest BCUT2D eigenvalue weighted by atomic mass is 9.76. The molecule has 2 fully saturated rings. The summed E-state index contributed by atoms with van der Waals surface area (Å²) in [5.74, 6) is 1.76. The Hall–Kier alpha value is -0.830. The molecule has 2 atom stereocenters. The van der Waals surface area contributed by atoms with E-state index in [0.29, 0.717) is 0 Å². The van der Waals surface area contributed by atoms with Crippen LogP contribution in [-0.2, 0) is 13.5 Å². The SMILES string of the molecule is Cn1cc(CC2CCCCC2CNC2CC2)cn1. The van der Waals surface area contributed by atoms with E-state index < -0.39 is 0 Å². The Morgan fingerprint density at radius 3 is 2.67 bits per heavy atom. The van der Waals surface area contributed by atoms with E-state index in [2.05, 4.69) is 16.6 Å². The largest absolute Gasteiger partial charge is 0.314 e. The highest BCUT2D eigenvalue weighted by Crippen LogP contribution is 2.33. The topological polar surface area (TPSA) is 29.9 Å². The molecular weight excluding hydrogens is 222 g/mol. The number of aromatic nitrogens is 2. The van der Waals surface area contributed by atoms with E-state index in [1.54, 1.807) is 0 Å². The van der Waals surface area contributed by atoms with Gasteiger partial charge in [0, 0.05) is 19.3 Å². The lowest BCUT2D eigenvalue weighted by Gasteiger charge is -2.31. The predicted octanol–water partition coefficient (Wildman–Crippen LogP) is 2.52. The fraction of sp³-hybridized carbons (Fsp3) is 0.800. The lowest BCUT2D eigenvalue weighted by Crippen LogP contribution is -2.32. The summed E-state index contributed by atoms with van der Waals surface area (Å²) in [7, 11) is 2.01. The molecule has 0 aliphatic heterocycles. The Morgan fingerprint density at radius 1 is 1.22 bits per heavy atom. The quantitative estimate of drug-likeness (QED) is 0.866. The number of aryl methyl sites for hydroxylation is 1. The molecule has 1 heterocycles. The van der Waals surface area contributed by atoms with Crippen molar-refractivity contribution < 1.29 is 0 Å². The molecule has 2 unspecified atom stereocenters. The third kappa shape index (κ3) is 3.14. The minimum absolute atomic E-state index is 0.853. The van der Waals surface area contributed by atoms with Gasteiger partial charge < -0.3 is 5.32 Å². The molecule has 3 rings (SSSR count). The van der Waals surface area contributed by atoms with Crippen LogP contribution >= 0.6 is 0 Å². The van der Waals surface area contributed by atoms with E-state index in [1.807, 2.05) is 17.9 Å². The van der Waals surface area contributed by atoms with Gasteiger partial charge in [-0.15, -0.1) is 0 Å². The van der Waals surface area contributed by atoms with Crippen LogP contribution in [0.1, 0.15) is 44.1 Å². The van der Waals surface area contributed by atoms with Crippen molar-refractivity contribution in [3.8, 4) is 0 Å². The minimum atomic E-state index is 0.853. The first-order valence-corrected chi connectivity index (χ1v) is 7.52. The summed E-state index contributed by atoms with van der Waals surface area (Å²) in [4.78, 5) is 0. The third-order valence-corrected chi connectivity index (χ3v) is 4.57. The van der Waals surface area contributed by atoms with Gasteiger partial charge in [0.15, 0.2) is 0 Å². The summed E-state index contributed by atoms with van der Waals surface area (Å²) < 4.78 is 1.93. The van der Waals surface area contributed by atoms with Gasteiger partial charge in [0.1, 0.15) is 0 Å². The number of hydrogen-bond donors (Lipinski definition) is 1. The molecular formula is C15H25N3. The maximum absolute atomic E-state index is 4.29. The summed E-state index contributed by atoms with van der Waals surface area (Å²) in [6, 6.07) is 0.853. The van der Waals surface area contributed by atoms with Gasteiger partial charge in [0.05, 0.1) is 6.20 Å². The minimum Gasteiger partial charge on any atom is -0.314 e. The van der Waals surface area contributed by atoms with E-state index >= 15 is 0 Å². The zero-order valence-electron chi connectivity index (χ0n) is 11.4. The van der Waals surface area contributed by atoms with Gasteiger partial charge >= 0.3 is 0 Å². The van der Waals surface area contributed by atoms with Gasteiger partial charge in [0.2, 0.25) is 0 Å². The second-order valence-electron chi connectivity index (χ2n) is 6.21. The van der Waals surface area contributed by atoms with Crippen LogP contribution in [0.15, 0.2) is 12.4 Å². The smallest absolute Gasteiger partial charge is 0.0521 e. The summed E-state index contributed by atoms with van der Waals surface area (Å²) in [6.45, 7) is 1.25. The lowest BCUT2D eigenvalue weighted by molar-refractivity contribution is 0.228. The molecule has 2 aliphatic carbocycles. The van der Waals surface area contributed by atoms with Gasteiger partial charge in [-0.2, -0.15) is 5.10 Å². The number of nitrogens with one attached hydrogen (secondary N) is 1. The van der Waals surface area contributed by atoms with Gasteiger partial charge in [0.25, 0.3) is 0 Å². The average Bonchev–Trinajstić information content (AvgIpc) is 3.12. The van der Waals surface area contributed by atoms with Crippen molar-refractivity contribution in [3.63, 3.8) is 0 Å². The highest BCUT2D eigenvalue weighted by molar-refractivity contribution is 5.05. The fourth-order valence-electron chi connectivity index (χ4n) is 3.31. The molecule has 0 saturated heterocycles. The van der Waals surface area contributed by atoms with Crippen molar-refractivity contribution in [2.75, 3.05) is 6.54 Å². The number of nitrogens with zero attached hydrogens (tertiary/aromatic N) is 2. The molecule has 100 valence electrons. The van der Waals surface area contributed by atoms with Crippen molar-refractivity contribution in [1.82, 2.24) is 15.1 Å². The van der Waals surface area contributed by atoms with Crippen LogP contribution in [-0.4, -0.2) is 22.4 Å². The van der Waals surface area contributed by atoms with Crippen LogP contribution in [0.4, 0.5) is 0 Å². The van der Waals surface area contributed by atoms with Crippen molar-refractivity contribution >= 4 is 0 Å². The number of hydrogen-bond acceptors (Lipinski definition) is 2. The van der Waals surface area contributed by atoms with Crippen molar-refractivity contribution in [1.29, 1.82) is 0 Å². The summed E-state index contributed by atoms with van der Waals surface area (Å²) in [6.07, 6.45) is 13.9. The Bertz CT molecular complexity index is 381. The average molecular weight is 247 g/mol. The van der Waals surface area contributed by atoms with Crippen LogP contribution < -0.4 is 5.32 Å². The molecule has 0 amide bonds. The molecule has 1 N–H and O–H groups in total. The molecule has 0 radical (unpaired) electrons. The zero-order valence-corrected chi connectivity index (χ0v) is 11.4. The molecule has 0 bridgehead atoms. The van der Waals surface area contributed by atoms with Crippen molar-refractivity contribution in [2.45, 2.75) is 51.0 Å². The molecule has 18 heavy (non-hydrogen) atoms. The molecule has 3 heteroatoms. The van der Waals surface area contributed by atoms with Crippen LogP contribution in [0.3, 0.4) is 0 Å². The first-order valence-electron chi connectivity index (χ1n) is 7.52. The van der Waals surface area contributed by atoms with E-state index in [4.69, 9.17) is 0 Å². The predicted molar refractivity (Wildman–Crippen MR) is 73.4 cm³/mol. The van der Waals surface area contributed by atoms with Crippen LogP contribution in [0.5, 0.6) is 0 Å². The summed E-state index contributed by atoms with van der Waals surface area (Å²) >= 11 is 0. The van der Waals surface area contributed by atoms with Crippen LogP contribution in [0, 0.1) is 11.8 Å². The molecule has 0 aromatic carbocycles. The van der Waals surface area contributed by atoms with E-state index in [1.165, 1.54) is 57.1 Å². The van der Waals surface area contributed by atoms with Crippen molar-refractivity contribution in [2.24, 2.45) is 18.9 Å². The van der Waals surface area contributed by atoms with Crippen LogP contribution in [0.25, 0.3) is 0 Å². The zero-order chi connectivity index (χ0) is 12.4. The molecule has 0 spiro atoms. The fourth-order valence-corrected chi connectivity index (χ4v) is 3.31. The second kappa shape index (κ2) is 5.43. The van der Waals surface area contributed by atoms with E-state index in [-0.39, 0.29) is 0 Å². The molecule has 1 aromatic heterocycles. The highest BCUT2D eigenvalue weighted by atomic mass is 15.2. The Morgan fingerprint density at radius 2 is 2.00 bits per heavy atom. The maximum Gasteiger partial charge on any atom is 0.0521 e. The van der Waals surface area contributed by atoms with Gasteiger partial charge in [-0.25, -0.2) is 0 Å². The molecule has 3 nitrogen and oxygen atoms in total. The van der Waals surface area contributed by atoms with Gasteiger partial charge in [-0.05, 0) is 56.0 Å². The summed E-state index contributed by atoms with van der Waals surface area (Å²) in [5.41, 5.74) is 1.42. The van der Waals surface area contributed by atoms with Gasteiger partial charge in [-0.3, -0.25) is 4.68 Å². The third-order valence-electron chi connectivity index (χ3n) is 4.57. The maximum atomic E-state index is 4.29. The Labute approximate surface area is 110 Å². The normalized spacial score (nSPS) is 28.5. The first kappa shape index (κ1) is 12.2. The number of rotatable bonds is 5. The van der Waals surface area contributed by atoms with Gasteiger partial charge in [-0.1, -0.05) is 12.8 Å². The molecule has 2 saturated carbocycles. The highest BCUT2D eigenvalue weighted by Gasteiger charge is 2.28.